The van der Waals surface area contributed by atoms with Crippen LogP contribution in [0.3, 0.4) is 0 Å². The van der Waals surface area contributed by atoms with Gasteiger partial charge in [-0.3, -0.25) is 9.78 Å². The smallest absolute Gasteiger partial charge is 0.303 e. The molecule has 0 saturated heterocycles. The third-order valence-electron chi connectivity index (χ3n) is 5.64. The average Bonchev–Trinajstić information content (AvgIpc) is 2.81. The van der Waals surface area contributed by atoms with E-state index < -0.39 is 5.97 Å². The summed E-state index contributed by atoms with van der Waals surface area (Å²) < 4.78 is 5.87. The van der Waals surface area contributed by atoms with Crippen LogP contribution in [-0.2, 0) is 11.2 Å². The molecule has 1 heterocycles. The fourth-order valence-electron chi connectivity index (χ4n) is 3.75. The van der Waals surface area contributed by atoms with Crippen LogP contribution in [0.1, 0.15) is 56.6 Å². The SMILES string of the molecule is CCCCCCCOc1ccc(-c2cnc(-c3ccc(CCC(=O)O)cc3)c(C)c2)cc1. The molecule has 0 bridgehead atoms. The van der Waals surface area contributed by atoms with E-state index in [0.717, 1.165) is 52.3 Å². The van der Waals surface area contributed by atoms with E-state index in [2.05, 4.69) is 32.0 Å². The second-order valence-corrected chi connectivity index (χ2v) is 8.27. The number of aromatic nitrogens is 1. The van der Waals surface area contributed by atoms with E-state index in [4.69, 9.17) is 14.8 Å². The van der Waals surface area contributed by atoms with Gasteiger partial charge in [0.05, 0.1) is 12.3 Å². The van der Waals surface area contributed by atoms with Crippen molar-refractivity contribution >= 4 is 5.97 Å². The molecule has 168 valence electrons. The van der Waals surface area contributed by atoms with Gasteiger partial charge in [0.2, 0.25) is 0 Å². The Labute approximate surface area is 191 Å². The van der Waals surface area contributed by atoms with Crippen molar-refractivity contribution in [1.29, 1.82) is 0 Å². The molecule has 0 aliphatic carbocycles. The standard InChI is InChI=1S/C28H33NO3/c1-3-4-5-6-7-18-32-26-15-13-23(14-16-26)25-19-21(2)28(29-20-25)24-11-8-22(9-12-24)10-17-27(30)31/h8-9,11-16,19-20H,3-7,10,17-18H2,1-2H3,(H,30,31). The molecule has 0 spiro atoms. The van der Waals surface area contributed by atoms with Crippen LogP contribution in [0.2, 0.25) is 0 Å². The molecular formula is C28H33NO3. The summed E-state index contributed by atoms with van der Waals surface area (Å²) in [5, 5.41) is 8.84. The maximum atomic E-state index is 10.7. The summed E-state index contributed by atoms with van der Waals surface area (Å²) in [5.41, 5.74) is 6.31. The maximum absolute atomic E-state index is 10.7. The van der Waals surface area contributed by atoms with Gasteiger partial charge in [0.15, 0.2) is 0 Å². The zero-order chi connectivity index (χ0) is 22.8. The third-order valence-corrected chi connectivity index (χ3v) is 5.64. The predicted molar refractivity (Wildman–Crippen MR) is 130 cm³/mol. The number of rotatable bonds is 12. The van der Waals surface area contributed by atoms with Crippen LogP contribution < -0.4 is 4.74 Å². The van der Waals surface area contributed by atoms with Crippen LogP contribution >= 0.6 is 0 Å². The number of unbranched alkanes of at least 4 members (excludes halogenated alkanes) is 4. The highest BCUT2D eigenvalue weighted by Gasteiger charge is 2.08. The Balaban J connectivity index is 1.60. The molecule has 3 aromatic rings. The van der Waals surface area contributed by atoms with Crippen molar-refractivity contribution in [3.8, 4) is 28.1 Å². The molecule has 4 nitrogen and oxygen atoms in total. The summed E-state index contributed by atoms with van der Waals surface area (Å²) in [7, 11) is 0. The second kappa shape index (κ2) is 12.0. The molecule has 3 rings (SSSR count). The molecule has 1 aromatic heterocycles. The summed E-state index contributed by atoms with van der Waals surface area (Å²) >= 11 is 0. The number of benzene rings is 2. The molecule has 2 aromatic carbocycles. The van der Waals surface area contributed by atoms with E-state index in [1.807, 2.05) is 42.6 Å². The first-order chi connectivity index (χ1) is 15.6. The van der Waals surface area contributed by atoms with Gasteiger partial charge in [0, 0.05) is 23.7 Å². The zero-order valence-corrected chi connectivity index (χ0v) is 19.1. The quantitative estimate of drug-likeness (QED) is 0.311. The molecule has 0 amide bonds. The number of carbonyl (C=O) groups is 1. The number of nitrogens with zero attached hydrogens (tertiary/aromatic N) is 1. The van der Waals surface area contributed by atoms with Crippen molar-refractivity contribution in [2.45, 2.75) is 58.8 Å². The largest absolute Gasteiger partial charge is 0.494 e. The van der Waals surface area contributed by atoms with Gasteiger partial charge in [0.1, 0.15) is 5.75 Å². The Hall–Kier alpha value is -3.14. The van der Waals surface area contributed by atoms with Gasteiger partial charge in [-0.1, -0.05) is 69.0 Å². The molecule has 0 fully saturated rings. The molecule has 0 saturated carbocycles. The Bertz CT molecular complexity index is 994. The van der Waals surface area contributed by atoms with Crippen molar-refractivity contribution in [1.82, 2.24) is 4.98 Å². The van der Waals surface area contributed by atoms with E-state index in [1.54, 1.807) is 0 Å². The minimum atomic E-state index is -0.774. The number of aliphatic carboxylic acids is 1. The number of hydrogen-bond acceptors (Lipinski definition) is 3. The van der Waals surface area contributed by atoms with Crippen molar-refractivity contribution in [3.05, 3.63) is 71.9 Å². The van der Waals surface area contributed by atoms with E-state index in [1.165, 1.54) is 25.7 Å². The lowest BCUT2D eigenvalue weighted by molar-refractivity contribution is -0.136. The molecule has 0 unspecified atom stereocenters. The van der Waals surface area contributed by atoms with Gasteiger partial charge in [-0.2, -0.15) is 0 Å². The monoisotopic (exact) mass is 431 g/mol. The van der Waals surface area contributed by atoms with Crippen LogP contribution in [0.25, 0.3) is 22.4 Å². The molecule has 4 heteroatoms. The Morgan fingerprint density at radius 3 is 2.25 bits per heavy atom. The van der Waals surface area contributed by atoms with Crippen LogP contribution in [0.4, 0.5) is 0 Å². The lowest BCUT2D eigenvalue weighted by Gasteiger charge is -2.10. The normalized spacial score (nSPS) is 10.8. The van der Waals surface area contributed by atoms with Crippen LogP contribution in [0.5, 0.6) is 5.75 Å². The Morgan fingerprint density at radius 1 is 0.906 bits per heavy atom. The molecular weight excluding hydrogens is 398 g/mol. The molecule has 0 radical (unpaired) electrons. The lowest BCUT2D eigenvalue weighted by atomic mass is 10.00. The molecule has 0 aliphatic heterocycles. The lowest BCUT2D eigenvalue weighted by Crippen LogP contribution is -1.97. The van der Waals surface area contributed by atoms with Crippen molar-refractivity contribution in [3.63, 3.8) is 0 Å². The molecule has 32 heavy (non-hydrogen) atoms. The number of carboxylic acid groups (broad SMARTS) is 1. The highest BCUT2D eigenvalue weighted by Crippen LogP contribution is 2.28. The van der Waals surface area contributed by atoms with Gasteiger partial charge in [-0.25, -0.2) is 0 Å². The van der Waals surface area contributed by atoms with E-state index in [0.29, 0.717) is 6.42 Å². The maximum Gasteiger partial charge on any atom is 0.303 e. The van der Waals surface area contributed by atoms with E-state index >= 15 is 0 Å². The third kappa shape index (κ3) is 6.94. The minimum absolute atomic E-state index is 0.147. The number of aryl methyl sites for hydroxylation is 2. The van der Waals surface area contributed by atoms with Crippen LogP contribution in [0.15, 0.2) is 60.8 Å². The van der Waals surface area contributed by atoms with Gasteiger partial charge in [0.25, 0.3) is 0 Å². The van der Waals surface area contributed by atoms with Gasteiger partial charge in [-0.05, 0) is 54.7 Å². The van der Waals surface area contributed by atoms with Gasteiger partial charge >= 0.3 is 5.97 Å². The average molecular weight is 432 g/mol. The number of pyridine rings is 1. The Morgan fingerprint density at radius 2 is 1.59 bits per heavy atom. The van der Waals surface area contributed by atoms with E-state index in [9.17, 15) is 4.79 Å². The minimum Gasteiger partial charge on any atom is -0.494 e. The van der Waals surface area contributed by atoms with Crippen molar-refractivity contribution in [2.24, 2.45) is 0 Å². The van der Waals surface area contributed by atoms with Gasteiger partial charge in [-0.15, -0.1) is 0 Å². The number of ether oxygens (including phenoxy) is 1. The summed E-state index contributed by atoms with van der Waals surface area (Å²) in [6, 6.07) is 18.4. The predicted octanol–water partition coefficient (Wildman–Crippen LogP) is 7.09. The summed E-state index contributed by atoms with van der Waals surface area (Å²) in [6.07, 6.45) is 8.78. The molecule has 0 aliphatic rings. The summed E-state index contributed by atoms with van der Waals surface area (Å²) in [4.78, 5) is 15.5. The number of carboxylic acids is 1. The highest BCUT2D eigenvalue weighted by molar-refractivity contribution is 5.70. The van der Waals surface area contributed by atoms with Crippen LogP contribution in [-0.4, -0.2) is 22.7 Å². The first-order valence-corrected chi connectivity index (χ1v) is 11.6. The zero-order valence-electron chi connectivity index (χ0n) is 19.1. The Kier molecular flexibility index (Phi) is 8.85. The van der Waals surface area contributed by atoms with Crippen molar-refractivity contribution in [2.75, 3.05) is 6.61 Å². The molecule has 0 atom stereocenters. The van der Waals surface area contributed by atoms with Crippen molar-refractivity contribution < 1.29 is 14.6 Å². The summed E-state index contributed by atoms with van der Waals surface area (Å²) in [5.74, 6) is 0.137. The fraction of sp³-hybridized carbons (Fsp3) is 0.357. The van der Waals surface area contributed by atoms with Crippen LogP contribution in [0, 0.1) is 6.92 Å². The second-order valence-electron chi connectivity index (χ2n) is 8.27. The number of hydrogen-bond donors (Lipinski definition) is 1. The van der Waals surface area contributed by atoms with Gasteiger partial charge < -0.3 is 9.84 Å². The summed E-state index contributed by atoms with van der Waals surface area (Å²) in [6.45, 7) is 5.07. The topological polar surface area (TPSA) is 59.4 Å². The first kappa shape index (κ1) is 23.5. The first-order valence-electron chi connectivity index (χ1n) is 11.6. The van der Waals surface area contributed by atoms with E-state index in [-0.39, 0.29) is 6.42 Å². The fourth-order valence-corrected chi connectivity index (χ4v) is 3.75. The molecule has 1 N–H and O–H groups in total. The highest BCUT2D eigenvalue weighted by atomic mass is 16.5.